The number of aryl methyl sites for hydroxylation is 2. The van der Waals surface area contributed by atoms with Crippen LogP contribution >= 0.6 is 0 Å². The molecule has 0 radical (unpaired) electrons. The van der Waals surface area contributed by atoms with Gasteiger partial charge in [-0.15, -0.1) is 5.10 Å². The Hall–Kier alpha value is -3.23. The number of nitrogens with zero attached hydrogens (tertiary/aromatic N) is 6. The molecule has 1 amide bonds. The standard InChI is InChI=1S/C19H22N6O3/c1-14-3-4-16(22-21-14)24-8-2-9-25(11-10-24)18(26)6-5-17-20-19(23-28-17)15-7-12-27-13-15/h3-4,7,12-13H,2,5-6,8-11H2,1H3. The normalized spacial score (nSPS) is 14.9. The van der Waals surface area contributed by atoms with Crippen LogP contribution in [0.2, 0.25) is 0 Å². The van der Waals surface area contributed by atoms with E-state index in [-0.39, 0.29) is 5.91 Å². The Morgan fingerprint density at radius 3 is 2.86 bits per heavy atom. The van der Waals surface area contributed by atoms with Crippen LogP contribution in [0, 0.1) is 6.92 Å². The van der Waals surface area contributed by atoms with Crippen molar-refractivity contribution >= 4 is 11.7 Å². The number of carbonyl (C=O) groups excluding carboxylic acids is 1. The molecule has 4 heterocycles. The lowest BCUT2D eigenvalue weighted by Crippen LogP contribution is -2.35. The van der Waals surface area contributed by atoms with Crippen molar-refractivity contribution in [2.45, 2.75) is 26.2 Å². The SMILES string of the molecule is Cc1ccc(N2CCCN(C(=O)CCc3nc(-c4ccoc4)no3)CC2)nn1. The van der Waals surface area contributed by atoms with Gasteiger partial charge >= 0.3 is 0 Å². The summed E-state index contributed by atoms with van der Waals surface area (Å²) < 4.78 is 10.3. The molecule has 0 atom stereocenters. The Balaban J connectivity index is 1.30. The third kappa shape index (κ3) is 4.19. The van der Waals surface area contributed by atoms with E-state index in [4.69, 9.17) is 8.94 Å². The molecular weight excluding hydrogens is 360 g/mol. The minimum atomic E-state index is 0.0971. The quantitative estimate of drug-likeness (QED) is 0.661. The van der Waals surface area contributed by atoms with Gasteiger partial charge in [0.15, 0.2) is 5.82 Å². The summed E-state index contributed by atoms with van der Waals surface area (Å²) in [4.78, 5) is 21.0. The number of furan rings is 1. The van der Waals surface area contributed by atoms with Crippen LogP contribution in [0.1, 0.15) is 24.4 Å². The smallest absolute Gasteiger partial charge is 0.227 e. The number of anilines is 1. The zero-order valence-corrected chi connectivity index (χ0v) is 15.7. The van der Waals surface area contributed by atoms with Crippen LogP contribution in [0.3, 0.4) is 0 Å². The van der Waals surface area contributed by atoms with Crippen molar-refractivity contribution in [2.24, 2.45) is 0 Å². The predicted molar refractivity (Wildman–Crippen MR) is 101 cm³/mol. The molecule has 0 spiro atoms. The van der Waals surface area contributed by atoms with Gasteiger partial charge in [-0.25, -0.2) is 0 Å². The Bertz CT molecular complexity index is 906. The van der Waals surface area contributed by atoms with Gasteiger partial charge < -0.3 is 18.7 Å². The van der Waals surface area contributed by atoms with E-state index in [1.165, 1.54) is 0 Å². The summed E-state index contributed by atoms with van der Waals surface area (Å²) in [5.41, 5.74) is 1.65. The number of amides is 1. The van der Waals surface area contributed by atoms with Gasteiger partial charge in [-0.1, -0.05) is 5.16 Å². The topological polar surface area (TPSA) is 101 Å². The minimum Gasteiger partial charge on any atom is -0.472 e. The number of rotatable bonds is 5. The van der Waals surface area contributed by atoms with Gasteiger partial charge in [-0.3, -0.25) is 4.79 Å². The van der Waals surface area contributed by atoms with E-state index in [1.54, 1.807) is 18.6 Å². The summed E-state index contributed by atoms with van der Waals surface area (Å²) in [7, 11) is 0. The minimum absolute atomic E-state index is 0.0971. The summed E-state index contributed by atoms with van der Waals surface area (Å²) in [6, 6.07) is 5.70. The lowest BCUT2D eigenvalue weighted by atomic mass is 10.2. The van der Waals surface area contributed by atoms with Gasteiger partial charge in [-0.05, 0) is 31.5 Å². The van der Waals surface area contributed by atoms with Gasteiger partial charge in [0.2, 0.25) is 17.6 Å². The number of aromatic nitrogens is 4. The third-order valence-corrected chi connectivity index (χ3v) is 4.76. The molecule has 146 valence electrons. The van der Waals surface area contributed by atoms with Crippen LogP contribution in [0.4, 0.5) is 5.82 Å². The Kier molecular flexibility index (Phi) is 5.31. The molecule has 4 rings (SSSR count). The Morgan fingerprint density at radius 1 is 1.14 bits per heavy atom. The lowest BCUT2D eigenvalue weighted by molar-refractivity contribution is -0.131. The number of hydrogen-bond acceptors (Lipinski definition) is 8. The van der Waals surface area contributed by atoms with Crippen molar-refractivity contribution in [1.29, 1.82) is 0 Å². The maximum absolute atomic E-state index is 12.6. The molecule has 28 heavy (non-hydrogen) atoms. The fourth-order valence-corrected chi connectivity index (χ4v) is 3.19. The van der Waals surface area contributed by atoms with Gasteiger partial charge in [0, 0.05) is 39.0 Å². The summed E-state index contributed by atoms with van der Waals surface area (Å²) in [5, 5.41) is 12.3. The molecule has 3 aromatic rings. The van der Waals surface area contributed by atoms with Crippen molar-refractivity contribution in [2.75, 3.05) is 31.1 Å². The van der Waals surface area contributed by atoms with Gasteiger partial charge in [-0.2, -0.15) is 10.1 Å². The molecule has 0 aliphatic carbocycles. The monoisotopic (exact) mass is 382 g/mol. The molecule has 0 saturated carbocycles. The van der Waals surface area contributed by atoms with Crippen molar-refractivity contribution < 1.29 is 13.7 Å². The Labute approximate surface area is 162 Å². The van der Waals surface area contributed by atoms with Gasteiger partial charge in [0.05, 0.1) is 17.5 Å². The molecule has 1 aliphatic rings. The first-order valence-electron chi connectivity index (χ1n) is 9.37. The van der Waals surface area contributed by atoms with Crippen molar-refractivity contribution in [1.82, 2.24) is 25.2 Å². The molecule has 9 nitrogen and oxygen atoms in total. The largest absolute Gasteiger partial charge is 0.472 e. The number of hydrogen-bond donors (Lipinski definition) is 0. The number of carbonyl (C=O) groups is 1. The molecule has 0 unspecified atom stereocenters. The van der Waals surface area contributed by atoms with E-state index >= 15 is 0 Å². The lowest BCUT2D eigenvalue weighted by Gasteiger charge is -2.22. The second kappa shape index (κ2) is 8.20. The second-order valence-corrected chi connectivity index (χ2v) is 6.78. The highest BCUT2D eigenvalue weighted by Crippen LogP contribution is 2.17. The van der Waals surface area contributed by atoms with Crippen LogP contribution in [0.25, 0.3) is 11.4 Å². The highest BCUT2D eigenvalue weighted by molar-refractivity contribution is 5.76. The van der Waals surface area contributed by atoms with Gasteiger partial charge in [0.25, 0.3) is 0 Å². The highest BCUT2D eigenvalue weighted by Gasteiger charge is 2.21. The first kappa shape index (κ1) is 18.1. The molecule has 0 N–H and O–H groups in total. The van der Waals surface area contributed by atoms with E-state index in [9.17, 15) is 4.79 Å². The molecule has 0 bridgehead atoms. The molecule has 1 saturated heterocycles. The predicted octanol–water partition coefficient (Wildman–Crippen LogP) is 2.10. The molecule has 3 aromatic heterocycles. The van der Waals surface area contributed by atoms with Crippen LogP contribution in [0.5, 0.6) is 0 Å². The summed E-state index contributed by atoms with van der Waals surface area (Å²) in [6.45, 7) is 4.92. The molecule has 9 heteroatoms. The summed E-state index contributed by atoms with van der Waals surface area (Å²) in [5.74, 6) is 1.88. The third-order valence-electron chi connectivity index (χ3n) is 4.76. The second-order valence-electron chi connectivity index (χ2n) is 6.78. The van der Waals surface area contributed by atoms with Gasteiger partial charge in [0.1, 0.15) is 6.26 Å². The van der Waals surface area contributed by atoms with E-state index < -0.39 is 0 Å². The fourth-order valence-electron chi connectivity index (χ4n) is 3.19. The fraction of sp³-hybridized carbons (Fsp3) is 0.421. The zero-order chi connectivity index (χ0) is 19.3. The van der Waals surface area contributed by atoms with Crippen molar-refractivity contribution in [3.63, 3.8) is 0 Å². The summed E-state index contributed by atoms with van der Waals surface area (Å²) >= 11 is 0. The molecule has 1 fully saturated rings. The maximum atomic E-state index is 12.6. The van der Waals surface area contributed by atoms with Crippen LogP contribution in [-0.2, 0) is 11.2 Å². The zero-order valence-electron chi connectivity index (χ0n) is 15.7. The van der Waals surface area contributed by atoms with Crippen LogP contribution in [0.15, 0.2) is 39.7 Å². The van der Waals surface area contributed by atoms with Crippen LogP contribution < -0.4 is 4.90 Å². The van der Waals surface area contributed by atoms with Crippen molar-refractivity contribution in [3.8, 4) is 11.4 Å². The average molecular weight is 382 g/mol. The highest BCUT2D eigenvalue weighted by atomic mass is 16.5. The van der Waals surface area contributed by atoms with Crippen LogP contribution in [-0.4, -0.2) is 57.3 Å². The molecule has 1 aliphatic heterocycles. The molecular formula is C19H22N6O3. The molecule has 0 aromatic carbocycles. The Morgan fingerprint density at radius 2 is 2.07 bits per heavy atom. The first-order valence-corrected chi connectivity index (χ1v) is 9.37. The average Bonchev–Trinajstić information content (AvgIpc) is 3.34. The maximum Gasteiger partial charge on any atom is 0.227 e. The van der Waals surface area contributed by atoms with E-state index in [1.807, 2.05) is 24.0 Å². The first-order chi connectivity index (χ1) is 13.7. The van der Waals surface area contributed by atoms with E-state index in [0.29, 0.717) is 31.1 Å². The van der Waals surface area contributed by atoms with Crippen molar-refractivity contribution in [3.05, 3.63) is 42.3 Å². The summed E-state index contributed by atoms with van der Waals surface area (Å²) in [6.07, 6.45) is 4.78. The van der Waals surface area contributed by atoms with E-state index in [0.717, 1.165) is 43.1 Å². The van der Waals surface area contributed by atoms with E-state index in [2.05, 4.69) is 25.2 Å².